The number of likely N-dealkylation sites (N-methyl/N-ethyl adjacent to an activating group) is 1. The molecule has 132 valence electrons. The monoisotopic (exact) mass is 327 g/mol. The lowest BCUT2D eigenvalue weighted by Crippen LogP contribution is -3.12. The molecule has 2 N–H and O–H groups in total. The maximum Gasteiger partial charge on any atom is 0.410 e. The Morgan fingerprint density at radius 1 is 1.09 bits per heavy atom. The molecule has 0 radical (unpaired) electrons. The molecule has 2 aliphatic heterocycles. The van der Waals surface area contributed by atoms with Crippen LogP contribution in [0.1, 0.15) is 33.6 Å². The highest BCUT2D eigenvalue weighted by Crippen LogP contribution is 2.20. The molecule has 0 atom stereocenters. The minimum absolute atomic E-state index is 0.0133. The molecule has 23 heavy (non-hydrogen) atoms. The van der Waals surface area contributed by atoms with Crippen molar-refractivity contribution in [2.24, 2.45) is 5.92 Å². The third-order valence-corrected chi connectivity index (χ3v) is 4.40. The van der Waals surface area contributed by atoms with Gasteiger partial charge >= 0.3 is 6.09 Å². The molecule has 2 fully saturated rings. The third-order valence-electron chi connectivity index (χ3n) is 4.40. The molecule has 0 bridgehead atoms. The van der Waals surface area contributed by atoms with Crippen LogP contribution in [0.3, 0.4) is 0 Å². The lowest BCUT2D eigenvalue weighted by Gasteiger charge is -2.35. The van der Waals surface area contributed by atoms with E-state index in [-0.39, 0.29) is 17.9 Å². The normalized spacial score (nSPS) is 22.0. The minimum atomic E-state index is -0.477. The topological polar surface area (TPSA) is 66.3 Å². The van der Waals surface area contributed by atoms with Gasteiger partial charge in [-0.05, 0) is 33.6 Å². The van der Waals surface area contributed by atoms with E-state index in [1.54, 1.807) is 4.90 Å². The maximum atomic E-state index is 12.4. The van der Waals surface area contributed by atoms with Crippen LogP contribution in [0.15, 0.2) is 0 Å². The number of carbonyl (C=O) groups excluding carboxylic acids is 2. The van der Waals surface area contributed by atoms with E-state index in [1.165, 1.54) is 4.90 Å². The fraction of sp³-hybridized carbons (Fsp3) is 0.875. The molecular weight excluding hydrogens is 296 g/mol. The number of quaternary nitrogens is 1. The van der Waals surface area contributed by atoms with Crippen molar-refractivity contribution in [2.45, 2.75) is 39.2 Å². The predicted octanol–water partition coefficient (Wildman–Crippen LogP) is -0.505. The van der Waals surface area contributed by atoms with Crippen molar-refractivity contribution < 1.29 is 19.2 Å². The number of piperidine rings is 1. The molecular formula is C16H31N4O3+. The number of hydrogen-bond acceptors (Lipinski definition) is 4. The number of hydrazine groups is 1. The first-order valence-electron chi connectivity index (χ1n) is 8.59. The number of likely N-dealkylation sites (tertiary alicyclic amines) is 1. The van der Waals surface area contributed by atoms with Gasteiger partial charge in [0.25, 0.3) is 0 Å². The Kier molecular flexibility index (Phi) is 5.86. The Bertz CT molecular complexity index is 420. The molecule has 2 aliphatic rings. The van der Waals surface area contributed by atoms with Gasteiger partial charge in [-0.25, -0.2) is 9.80 Å². The van der Waals surface area contributed by atoms with Crippen LogP contribution in [0.2, 0.25) is 0 Å². The van der Waals surface area contributed by atoms with E-state index in [2.05, 4.69) is 12.5 Å². The second kappa shape index (κ2) is 7.49. The number of rotatable bonds is 2. The Labute approximate surface area is 138 Å². The molecule has 0 aromatic carbocycles. The third kappa shape index (κ3) is 5.66. The number of carbonyl (C=O) groups is 2. The number of piperazine rings is 1. The van der Waals surface area contributed by atoms with Crippen molar-refractivity contribution in [3.05, 3.63) is 0 Å². The van der Waals surface area contributed by atoms with Crippen LogP contribution in [0.5, 0.6) is 0 Å². The molecule has 0 aliphatic carbocycles. The molecule has 7 nitrogen and oxygen atoms in total. The highest BCUT2D eigenvalue weighted by atomic mass is 16.6. The van der Waals surface area contributed by atoms with Crippen LogP contribution in [0, 0.1) is 5.92 Å². The second-order valence-electron chi connectivity index (χ2n) is 7.66. The summed E-state index contributed by atoms with van der Waals surface area (Å²) in [5, 5.41) is 2.02. The lowest BCUT2D eigenvalue weighted by molar-refractivity contribution is -0.884. The molecule has 2 rings (SSSR count). The largest absolute Gasteiger partial charge is 0.444 e. The van der Waals surface area contributed by atoms with E-state index < -0.39 is 5.60 Å². The Balaban J connectivity index is 1.73. The lowest BCUT2D eigenvalue weighted by atomic mass is 9.96. The molecule has 0 spiro atoms. The fourth-order valence-corrected chi connectivity index (χ4v) is 2.90. The van der Waals surface area contributed by atoms with Crippen LogP contribution in [0.25, 0.3) is 0 Å². The summed E-state index contributed by atoms with van der Waals surface area (Å²) < 4.78 is 5.38. The van der Waals surface area contributed by atoms with E-state index >= 15 is 0 Å². The van der Waals surface area contributed by atoms with Crippen molar-refractivity contribution >= 4 is 12.0 Å². The number of nitrogens with one attached hydrogen (secondary N) is 2. The molecule has 0 unspecified atom stereocenters. The molecule has 2 heterocycles. The van der Waals surface area contributed by atoms with Crippen molar-refractivity contribution in [1.82, 2.24) is 15.3 Å². The first-order chi connectivity index (χ1) is 10.7. The average Bonchev–Trinajstić information content (AvgIpc) is 2.48. The zero-order chi connectivity index (χ0) is 17.0. The standard InChI is InChI=1S/C16H30N4O3/c1-16(2,3)23-15(22)19-7-5-13(6-8-19)14(21)17-20-11-9-18(4)10-12-20/h13H,5-12H2,1-4H3,(H,17,21)/p+1. The van der Waals surface area contributed by atoms with Gasteiger partial charge in [0.05, 0.1) is 33.2 Å². The summed E-state index contributed by atoms with van der Waals surface area (Å²) in [7, 11) is 2.17. The fourth-order valence-electron chi connectivity index (χ4n) is 2.90. The Morgan fingerprint density at radius 3 is 2.17 bits per heavy atom. The minimum Gasteiger partial charge on any atom is -0.444 e. The van der Waals surface area contributed by atoms with Gasteiger partial charge in [-0.1, -0.05) is 0 Å². The molecule has 2 saturated heterocycles. The molecule has 0 aromatic heterocycles. The van der Waals surface area contributed by atoms with Crippen molar-refractivity contribution in [3.8, 4) is 0 Å². The van der Waals surface area contributed by atoms with Gasteiger partial charge in [-0.15, -0.1) is 0 Å². The summed E-state index contributed by atoms with van der Waals surface area (Å²) in [4.78, 5) is 27.6. The maximum absolute atomic E-state index is 12.4. The molecule has 0 saturated carbocycles. The predicted molar refractivity (Wildman–Crippen MR) is 86.9 cm³/mol. The van der Waals surface area contributed by atoms with Gasteiger partial charge in [0.1, 0.15) is 5.60 Å². The average molecular weight is 327 g/mol. The van der Waals surface area contributed by atoms with Crippen LogP contribution < -0.4 is 10.3 Å². The van der Waals surface area contributed by atoms with Crippen LogP contribution in [0.4, 0.5) is 4.79 Å². The van der Waals surface area contributed by atoms with Gasteiger partial charge < -0.3 is 14.5 Å². The van der Waals surface area contributed by atoms with Gasteiger partial charge in [0.15, 0.2) is 0 Å². The quantitative estimate of drug-likeness (QED) is 0.717. The van der Waals surface area contributed by atoms with E-state index in [1.807, 2.05) is 25.8 Å². The van der Waals surface area contributed by atoms with Gasteiger partial charge in [0, 0.05) is 19.0 Å². The highest BCUT2D eigenvalue weighted by Gasteiger charge is 2.31. The zero-order valence-electron chi connectivity index (χ0n) is 14.9. The first-order valence-corrected chi connectivity index (χ1v) is 8.59. The van der Waals surface area contributed by atoms with E-state index in [0.29, 0.717) is 25.9 Å². The van der Waals surface area contributed by atoms with Crippen LogP contribution >= 0.6 is 0 Å². The van der Waals surface area contributed by atoms with E-state index in [4.69, 9.17) is 4.74 Å². The van der Waals surface area contributed by atoms with Crippen molar-refractivity contribution in [1.29, 1.82) is 0 Å². The summed E-state index contributed by atoms with van der Waals surface area (Å²) >= 11 is 0. The van der Waals surface area contributed by atoms with Crippen LogP contribution in [-0.4, -0.2) is 73.8 Å². The smallest absolute Gasteiger partial charge is 0.410 e. The van der Waals surface area contributed by atoms with Crippen molar-refractivity contribution in [3.63, 3.8) is 0 Å². The van der Waals surface area contributed by atoms with Crippen LogP contribution in [-0.2, 0) is 9.53 Å². The second-order valence-corrected chi connectivity index (χ2v) is 7.66. The number of amides is 2. The molecule has 0 aromatic rings. The number of ether oxygens (including phenoxy) is 1. The Morgan fingerprint density at radius 2 is 1.65 bits per heavy atom. The van der Waals surface area contributed by atoms with Gasteiger partial charge in [0.2, 0.25) is 5.91 Å². The molecule has 2 amide bonds. The summed E-state index contributed by atoms with van der Waals surface area (Å²) in [6, 6.07) is 0. The Hall–Kier alpha value is -1.34. The van der Waals surface area contributed by atoms with Crippen molar-refractivity contribution in [2.75, 3.05) is 46.3 Å². The zero-order valence-corrected chi connectivity index (χ0v) is 14.9. The van der Waals surface area contributed by atoms with Gasteiger partial charge in [-0.3, -0.25) is 10.2 Å². The van der Waals surface area contributed by atoms with E-state index in [9.17, 15) is 9.59 Å². The number of hydrogen-bond donors (Lipinski definition) is 2. The summed E-state index contributed by atoms with van der Waals surface area (Å²) in [6.45, 7) is 10.7. The number of nitrogens with zero attached hydrogens (tertiary/aromatic N) is 2. The SMILES string of the molecule is C[NH+]1CCN(NC(=O)C2CCN(C(=O)OC(C)(C)C)CC2)CC1. The summed E-state index contributed by atoms with van der Waals surface area (Å²) in [5.74, 6) is 0.0779. The van der Waals surface area contributed by atoms with Gasteiger partial charge in [-0.2, -0.15) is 0 Å². The first kappa shape index (κ1) is 18.0. The van der Waals surface area contributed by atoms with E-state index in [0.717, 1.165) is 26.2 Å². The highest BCUT2D eigenvalue weighted by molar-refractivity contribution is 5.78. The molecule has 7 heteroatoms. The summed E-state index contributed by atoms with van der Waals surface area (Å²) in [6.07, 6.45) is 1.12. The summed E-state index contributed by atoms with van der Waals surface area (Å²) in [5.41, 5.74) is 2.56.